The summed E-state index contributed by atoms with van der Waals surface area (Å²) in [4.78, 5) is 16.0. The third kappa shape index (κ3) is 5.02. The van der Waals surface area contributed by atoms with Gasteiger partial charge in [-0.1, -0.05) is 145 Å². The molecule has 0 aliphatic rings. The van der Waals surface area contributed by atoms with Crippen molar-refractivity contribution in [3.8, 4) is 45.5 Å². The van der Waals surface area contributed by atoms with E-state index >= 15 is 0 Å². The van der Waals surface area contributed by atoms with Gasteiger partial charge < -0.3 is 4.42 Å². The molecule has 6 heteroatoms. The molecule has 0 spiro atoms. The Balaban J connectivity index is 1.14. The van der Waals surface area contributed by atoms with Gasteiger partial charge in [-0.2, -0.15) is 15.0 Å². The van der Waals surface area contributed by atoms with Crippen LogP contribution in [-0.2, 0) is 0 Å². The van der Waals surface area contributed by atoms with E-state index in [-0.39, 0.29) is 0 Å². The molecular weight excluding hydrogens is 711 g/mol. The summed E-state index contributed by atoms with van der Waals surface area (Å²) in [7, 11) is 0. The highest BCUT2D eigenvalue weighted by Crippen LogP contribution is 2.39. The van der Waals surface area contributed by atoms with Crippen molar-refractivity contribution in [1.82, 2.24) is 24.1 Å². The molecule has 0 fully saturated rings. The van der Waals surface area contributed by atoms with Crippen LogP contribution in [0.5, 0.6) is 0 Å². The van der Waals surface area contributed by atoms with Gasteiger partial charge in [-0.05, 0) is 65.6 Å². The summed E-state index contributed by atoms with van der Waals surface area (Å²) in [6.45, 7) is 2.13. The molecule has 0 atom stereocenters. The van der Waals surface area contributed by atoms with E-state index < -0.39 is 0 Å². The van der Waals surface area contributed by atoms with E-state index in [1.54, 1.807) is 0 Å². The van der Waals surface area contributed by atoms with Gasteiger partial charge in [-0.25, -0.2) is 0 Å². The lowest BCUT2D eigenvalue weighted by Crippen LogP contribution is -2.10. The van der Waals surface area contributed by atoms with E-state index in [0.29, 0.717) is 17.7 Å². The van der Waals surface area contributed by atoms with Crippen molar-refractivity contribution in [3.05, 3.63) is 188 Å². The maximum atomic E-state index is 6.44. The van der Waals surface area contributed by atoms with Crippen LogP contribution in [0, 0.1) is 6.92 Å². The van der Waals surface area contributed by atoms with Crippen molar-refractivity contribution < 1.29 is 4.42 Å². The Labute approximate surface area is 332 Å². The number of furan rings is 1. The van der Waals surface area contributed by atoms with Crippen LogP contribution in [0.1, 0.15) is 5.56 Å². The number of rotatable bonds is 5. The number of para-hydroxylation sites is 3. The molecule has 0 aliphatic carbocycles. The Bertz CT molecular complexity index is 3580. The molecule has 4 heterocycles. The fourth-order valence-corrected chi connectivity index (χ4v) is 8.72. The van der Waals surface area contributed by atoms with Gasteiger partial charge in [0.25, 0.3) is 0 Å². The van der Waals surface area contributed by atoms with Crippen molar-refractivity contribution >= 4 is 65.6 Å². The van der Waals surface area contributed by atoms with Gasteiger partial charge in [0.2, 0.25) is 11.9 Å². The Morgan fingerprint density at radius 1 is 0.345 bits per heavy atom. The highest BCUT2D eigenvalue weighted by atomic mass is 16.3. The lowest BCUT2D eigenvalue weighted by Gasteiger charge is -2.13. The van der Waals surface area contributed by atoms with E-state index in [0.717, 1.165) is 87.8 Å². The summed E-state index contributed by atoms with van der Waals surface area (Å²) in [5, 5.41) is 6.65. The van der Waals surface area contributed by atoms with Crippen LogP contribution in [0.3, 0.4) is 0 Å². The van der Waals surface area contributed by atoms with E-state index in [2.05, 4.69) is 180 Å². The molecule has 58 heavy (non-hydrogen) atoms. The van der Waals surface area contributed by atoms with Crippen molar-refractivity contribution in [1.29, 1.82) is 0 Å². The molecule has 6 nitrogen and oxygen atoms in total. The van der Waals surface area contributed by atoms with E-state index in [4.69, 9.17) is 19.4 Å². The fourth-order valence-electron chi connectivity index (χ4n) is 8.72. The monoisotopic (exact) mass is 743 g/mol. The first-order valence-electron chi connectivity index (χ1n) is 19.5. The first-order chi connectivity index (χ1) is 28.6. The topological polar surface area (TPSA) is 61.7 Å². The molecule has 12 aromatic rings. The number of fused-ring (bicyclic) bond motifs is 9. The second-order valence-corrected chi connectivity index (χ2v) is 15.0. The van der Waals surface area contributed by atoms with E-state index in [1.807, 2.05) is 18.2 Å². The van der Waals surface area contributed by atoms with Crippen LogP contribution < -0.4 is 0 Å². The molecular formula is C52H33N5O. The van der Waals surface area contributed by atoms with Gasteiger partial charge in [0.05, 0.1) is 22.1 Å². The van der Waals surface area contributed by atoms with Crippen LogP contribution >= 0.6 is 0 Å². The zero-order valence-corrected chi connectivity index (χ0v) is 31.5. The molecule has 0 amide bonds. The summed E-state index contributed by atoms with van der Waals surface area (Å²) in [5.41, 5.74) is 12.4. The molecule has 8 aromatic carbocycles. The second kappa shape index (κ2) is 12.6. The van der Waals surface area contributed by atoms with Crippen LogP contribution in [0.15, 0.2) is 186 Å². The third-order valence-corrected chi connectivity index (χ3v) is 11.5. The van der Waals surface area contributed by atoms with Gasteiger partial charge in [0.15, 0.2) is 5.82 Å². The van der Waals surface area contributed by atoms with Crippen LogP contribution in [0.4, 0.5) is 0 Å². The van der Waals surface area contributed by atoms with Gasteiger partial charge in [-0.15, -0.1) is 0 Å². The maximum Gasteiger partial charge on any atom is 0.240 e. The van der Waals surface area contributed by atoms with Crippen molar-refractivity contribution in [3.63, 3.8) is 0 Å². The predicted molar refractivity (Wildman–Crippen MR) is 237 cm³/mol. The normalized spacial score (nSPS) is 11.9. The van der Waals surface area contributed by atoms with E-state index in [9.17, 15) is 0 Å². The molecule has 0 unspecified atom stereocenters. The Morgan fingerprint density at radius 2 is 0.897 bits per heavy atom. The molecule has 0 saturated heterocycles. The van der Waals surface area contributed by atoms with Gasteiger partial charge in [0, 0.05) is 43.9 Å². The van der Waals surface area contributed by atoms with Gasteiger partial charge in [0.1, 0.15) is 11.2 Å². The number of hydrogen-bond acceptors (Lipinski definition) is 4. The van der Waals surface area contributed by atoms with Crippen LogP contribution in [0.25, 0.3) is 111 Å². The average molecular weight is 744 g/mol. The highest BCUT2D eigenvalue weighted by molar-refractivity contribution is 6.17. The first-order valence-corrected chi connectivity index (χ1v) is 19.5. The molecule has 0 radical (unpaired) electrons. The van der Waals surface area contributed by atoms with Gasteiger partial charge in [-0.3, -0.25) is 9.13 Å². The highest BCUT2D eigenvalue weighted by Gasteiger charge is 2.22. The molecule has 0 saturated carbocycles. The SMILES string of the molecule is Cc1cccc(-c2ccc3c(c2)c2ccccc2n3-c2nc(-c3ccc(-c4ccccc4)cc3)nc(-n3c4ccccc4c4cc5c(cc43)oc3ccccc35)n2)c1. The van der Waals surface area contributed by atoms with Gasteiger partial charge >= 0.3 is 0 Å². The van der Waals surface area contributed by atoms with Crippen molar-refractivity contribution in [2.45, 2.75) is 6.92 Å². The molecule has 0 N–H and O–H groups in total. The first kappa shape index (κ1) is 32.4. The lowest BCUT2D eigenvalue weighted by molar-refractivity contribution is 0.669. The molecule has 272 valence electrons. The predicted octanol–water partition coefficient (Wildman–Crippen LogP) is 13.3. The lowest BCUT2D eigenvalue weighted by atomic mass is 10.0. The van der Waals surface area contributed by atoms with Crippen molar-refractivity contribution in [2.24, 2.45) is 0 Å². The number of aromatic nitrogens is 5. The van der Waals surface area contributed by atoms with Crippen LogP contribution in [0.2, 0.25) is 0 Å². The molecule has 12 rings (SSSR count). The zero-order chi connectivity index (χ0) is 38.3. The third-order valence-electron chi connectivity index (χ3n) is 11.5. The quantitative estimate of drug-likeness (QED) is 0.176. The zero-order valence-electron chi connectivity index (χ0n) is 31.5. The maximum absolute atomic E-state index is 6.44. The van der Waals surface area contributed by atoms with Crippen molar-refractivity contribution in [2.75, 3.05) is 0 Å². The Morgan fingerprint density at radius 3 is 1.64 bits per heavy atom. The minimum atomic E-state index is 0.524. The Hall–Kier alpha value is -7.83. The Kier molecular flexibility index (Phi) is 7.04. The fraction of sp³-hybridized carbons (Fsp3) is 0.0192. The summed E-state index contributed by atoms with van der Waals surface area (Å²) in [6.07, 6.45) is 0. The van der Waals surface area contributed by atoms with E-state index in [1.165, 1.54) is 11.1 Å². The number of benzene rings is 8. The second-order valence-electron chi connectivity index (χ2n) is 15.0. The minimum absolute atomic E-state index is 0.524. The number of nitrogens with zero attached hydrogens (tertiary/aromatic N) is 5. The molecule has 4 aromatic heterocycles. The smallest absolute Gasteiger partial charge is 0.240 e. The summed E-state index contributed by atoms with van der Waals surface area (Å²) in [6, 6.07) is 63.8. The largest absolute Gasteiger partial charge is 0.456 e. The average Bonchev–Trinajstić information content (AvgIpc) is 3.92. The summed E-state index contributed by atoms with van der Waals surface area (Å²) in [5.74, 6) is 1.64. The molecule has 0 bridgehead atoms. The number of hydrogen-bond donors (Lipinski definition) is 0. The molecule has 0 aliphatic heterocycles. The summed E-state index contributed by atoms with van der Waals surface area (Å²) < 4.78 is 10.8. The van der Waals surface area contributed by atoms with Crippen LogP contribution in [-0.4, -0.2) is 24.1 Å². The number of aryl methyl sites for hydroxylation is 1. The minimum Gasteiger partial charge on any atom is -0.456 e. The standard InChI is InChI=1S/C52H33N5O/c1-32-12-11-15-36(28-32)37-26-27-46-41(29-37)38-16-5-8-19-44(38)56(46)51-53-50(35-24-22-34(23-25-35)33-13-3-2-4-14-33)54-52(55-51)57-45-20-9-6-17-39(45)42-30-43-40-18-7-10-21-48(40)58-49(43)31-47(42)57/h2-31H,1H3. The summed E-state index contributed by atoms with van der Waals surface area (Å²) >= 11 is 0.